The van der Waals surface area contributed by atoms with Gasteiger partial charge < -0.3 is 29.7 Å². The van der Waals surface area contributed by atoms with Crippen LogP contribution in [0.15, 0.2) is 135 Å². The fourth-order valence-corrected chi connectivity index (χ4v) is 5.97. The van der Waals surface area contributed by atoms with Crippen molar-refractivity contribution in [1.29, 1.82) is 0 Å². The summed E-state index contributed by atoms with van der Waals surface area (Å²) in [5.74, 6) is 0. The van der Waals surface area contributed by atoms with Crippen LogP contribution in [-0.2, 0) is 42.1 Å². The molecule has 0 saturated carbocycles. The summed E-state index contributed by atoms with van der Waals surface area (Å²) in [7, 11) is 0. The predicted molar refractivity (Wildman–Crippen MR) is 191 cm³/mol. The average molecular weight is 993 g/mol. The molecule has 8 nitrogen and oxygen atoms in total. The molecule has 8 heterocycles. The third-order valence-electron chi connectivity index (χ3n) is 7.90. The number of hydrogen-bond donors (Lipinski definition) is 0. The molecule has 0 aliphatic carbocycles. The van der Waals surface area contributed by atoms with Gasteiger partial charge in [-0.25, -0.2) is 19.9 Å². The third-order valence-corrected chi connectivity index (χ3v) is 7.90. The second-order valence-corrected chi connectivity index (χ2v) is 10.2. The second-order valence-electron chi connectivity index (χ2n) is 10.2. The molecule has 0 atom stereocenters. The molecule has 0 saturated heterocycles. The SMILES string of the molecule is [CH3-].[CH3-].[CH3-].[CH3-].[Pt+2].[Pt+2].c1cnc2c(c1)ccn2-c1cc(-n2ccc3cccnc32)c(-n2ccc3cccnc32)cc1-n1ccc2cccnc21. The van der Waals surface area contributed by atoms with Crippen LogP contribution < -0.4 is 0 Å². The van der Waals surface area contributed by atoms with Crippen molar-refractivity contribution in [1.82, 2.24) is 38.2 Å². The molecule has 48 heavy (non-hydrogen) atoms. The summed E-state index contributed by atoms with van der Waals surface area (Å²) in [5, 5.41) is 4.27. The molecular formula is C38H34N8Pt2. The molecule has 8 aromatic heterocycles. The van der Waals surface area contributed by atoms with E-state index in [2.05, 4.69) is 104 Å². The number of pyridine rings is 4. The van der Waals surface area contributed by atoms with Gasteiger partial charge in [0.2, 0.25) is 0 Å². The smallest absolute Gasteiger partial charge is 0.358 e. The van der Waals surface area contributed by atoms with E-state index in [0.29, 0.717) is 0 Å². The number of aromatic nitrogens is 8. The first kappa shape index (κ1) is 37.8. The van der Waals surface area contributed by atoms with Crippen molar-refractivity contribution < 1.29 is 42.1 Å². The zero-order valence-electron chi connectivity index (χ0n) is 26.9. The summed E-state index contributed by atoms with van der Waals surface area (Å²) in [6, 6.07) is 29.0. The molecule has 0 fully saturated rings. The molecule has 9 rings (SSSR count). The normalized spacial score (nSPS) is 10.3. The third kappa shape index (κ3) is 5.84. The Balaban J connectivity index is 0.00000104. The fraction of sp³-hybridized carbons (Fsp3) is 0. The van der Waals surface area contributed by atoms with Gasteiger partial charge in [-0.2, -0.15) is 0 Å². The summed E-state index contributed by atoms with van der Waals surface area (Å²) in [4.78, 5) is 19.0. The molecule has 10 heteroatoms. The molecule has 0 spiro atoms. The Morgan fingerprint density at radius 2 is 0.562 bits per heavy atom. The maximum absolute atomic E-state index is 4.76. The zero-order valence-corrected chi connectivity index (χ0v) is 31.5. The van der Waals surface area contributed by atoms with Gasteiger partial charge in [-0.05, 0) is 84.9 Å². The quantitative estimate of drug-likeness (QED) is 0.166. The van der Waals surface area contributed by atoms with Crippen molar-refractivity contribution in [3.63, 3.8) is 0 Å². The van der Waals surface area contributed by atoms with Gasteiger partial charge in [0.25, 0.3) is 0 Å². The Morgan fingerprint density at radius 1 is 0.333 bits per heavy atom. The molecule has 0 aliphatic rings. The number of fused-ring (bicyclic) bond motifs is 4. The van der Waals surface area contributed by atoms with Crippen molar-refractivity contribution in [2.75, 3.05) is 0 Å². The molecule has 0 radical (unpaired) electrons. The minimum absolute atomic E-state index is 0. The van der Waals surface area contributed by atoms with Crippen LogP contribution in [0, 0.1) is 29.7 Å². The van der Waals surface area contributed by atoms with Gasteiger partial charge in [-0.1, -0.05) is 0 Å². The maximum atomic E-state index is 4.76. The van der Waals surface area contributed by atoms with Crippen molar-refractivity contribution in [2.24, 2.45) is 0 Å². The number of hydrogen-bond acceptors (Lipinski definition) is 4. The predicted octanol–water partition coefficient (Wildman–Crippen LogP) is 8.84. The van der Waals surface area contributed by atoms with Gasteiger partial charge in [0.05, 0.1) is 22.7 Å². The van der Waals surface area contributed by atoms with E-state index >= 15 is 0 Å². The molecule has 0 amide bonds. The zero-order chi connectivity index (χ0) is 27.6. The van der Waals surface area contributed by atoms with Crippen molar-refractivity contribution >= 4 is 44.1 Å². The van der Waals surface area contributed by atoms with Gasteiger partial charge >= 0.3 is 42.1 Å². The molecule has 0 unspecified atom stereocenters. The summed E-state index contributed by atoms with van der Waals surface area (Å²) in [5.41, 5.74) is 7.38. The fourth-order valence-electron chi connectivity index (χ4n) is 5.97. The minimum atomic E-state index is 0. The minimum Gasteiger partial charge on any atom is -0.358 e. The maximum Gasteiger partial charge on any atom is 2.00 e. The Hall–Kier alpha value is -4.64. The first-order valence-electron chi connectivity index (χ1n) is 13.7. The van der Waals surface area contributed by atoms with E-state index in [1.165, 1.54) is 0 Å². The van der Waals surface area contributed by atoms with Gasteiger partial charge in [-0.3, -0.25) is 18.3 Å². The summed E-state index contributed by atoms with van der Waals surface area (Å²) in [6.07, 6.45) is 15.7. The van der Waals surface area contributed by atoms with E-state index < -0.39 is 0 Å². The van der Waals surface area contributed by atoms with Crippen LogP contribution in [0.5, 0.6) is 0 Å². The van der Waals surface area contributed by atoms with E-state index in [-0.39, 0.29) is 71.8 Å². The molecule has 0 aliphatic heterocycles. The Bertz CT molecular complexity index is 2110. The van der Waals surface area contributed by atoms with Gasteiger partial charge in [0, 0.05) is 71.1 Å². The monoisotopic (exact) mass is 992 g/mol. The molecule has 0 bridgehead atoms. The van der Waals surface area contributed by atoms with Crippen LogP contribution in [0.4, 0.5) is 0 Å². The van der Waals surface area contributed by atoms with Crippen molar-refractivity contribution in [3.05, 3.63) is 164 Å². The Morgan fingerprint density at radius 3 is 0.792 bits per heavy atom. The molecule has 9 aromatic rings. The summed E-state index contributed by atoms with van der Waals surface area (Å²) >= 11 is 0. The molecular weight excluding hydrogens is 959 g/mol. The first-order chi connectivity index (χ1) is 20.8. The second kappa shape index (κ2) is 15.1. The topological polar surface area (TPSA) is 71.3 Å². The van der Waals surface area contributed by atoms with E-state index in [1.807, 2.05) is 49.1 Å². The number of benzene rings is 1. The van der Waals surface area contributed by atoms with Crippen molar-refractivity contribution in [3.8, 4) is 22.7 Å². The van der Waals surface area contributed by atoms with Crippen molar-refractivity contribution in [2.45, 2.75) is 0 Å². The Kier molecular flexibility index (Phi) is 11.9. The first-order valence-corrected chi connectivity index (χ1v) is 13.7. The van der Waals surface area contributed by atoms with E-state index in [1.54, 1.807) is 0 Å². The van der Waals surface area contributed by atoms with Gasteiger partial charge in [0.15, 0.2) is 0 Å². The largest absolute Gasteiger partial charge is 2.00 e. The van der Waals surface area contributed by atoms with E-state index in [4.69, 9.17) is 19.9 Å². The molecule has 246 valence electrons. The summed E-state index contributed by atoms with van der Waals surface area (Å²) < 4.78 is 8.60. The standard InChI is InChI=1S/C34H22N8.4CH3.2Pt/c1-5-23-9-17-39(31(23)35-13-1)27-21-29(41-19-11-25-7-3-15-37-33(25)41)30(42-20-12-26-8-4-16-38-34(26)42)22-28(27)40-18-10-24-6-2-14-36-32(24)40;;;;;;/h1-22H;4*1H3;;/q;4*-1;2*+2. The molecule has 0 N–H and O–H groups in total. The number of rotatable bonds is 4. The van der Waals surface area contributed by atoms with Crippen LogP contribution in [0.1, 0.15) is 0 Å². The van der Waals surface area contributed by atoms with Crippen LogP contribution in [0.3, 0.4) is 0 Å². The molecule has 1 aromatic carbocycles. The van der Waals surface area contributed by atoms with Crippen LogP contribution in [-0.4, -0.2) is 38.2 Å². The van der Waals surface area contributed by atoms with Crippen LogP contribution in [0.2, 0.25) is 0 Å². The van der Waals surface area contributed by atoms with E-state index in [9.17, 15) is 0 Å². The van der Waals surface area contributed by atoms with Crippen LogP contribution >= 0.6 is 0 Å². The average Bonchev–Trinajstić information content (AvgIpc) is 3.84. The number of nitrogens with zero attached hydrogens (tertiary/aromatic N) is 8. The Labute approximate surface area is 309 Å². The van der Waals surface area contributed by atoms with Gasteiger partial charge in [0.1, 0.15) is 22.6 Å². The summed E-state index contributed by atoms with van der Waals surface area (Å²) in [6.45, 7) is 0. The van der Waals surface area contributed by atoms with E-state index in [0.717, 1.165) is 66.9 Å². The van der Waals surface area contributed by atoms with Crippen LogP contribution in [0.25, 0.3) is 66.9 Å². The van der Waals surface area contributed by atoms with Gasteiger partial charge in [-0.15, -0.1) is 0 Å².